The molecule has 4 rings (SSSR count). The zero-order chi connectivity index (χ0) is 17.2. The predicted octanol–water partition coefficient (Wildman–Crippen LogP) is 5.82. The van der Waals surface area contributed by atoms with E-state index < -0.39 is 0 Å². The third-order valence-electron chi connectivity index (χ3n) is 4.15. The van der Waals surface area contributed by atoms with Gasteiger partial charge in [-0.05, 0) is 41.3 Å². The van der Waals surface area contributed by atoms with Crippen molar-refractivity contribution in [1.29, 1.82) is 0 Å². The molecule has 2 heterocycles. The highest BCUT2D eigenvalue weighted by Gasteiger charge is 2.23. The normalized spacial score (nSPS) is 16.7. The smallest absolute Gasteiger partial charge is 0.160 e. The first-order valence-corrected chi connectivity index (χ1v) is 9.74. The number of thioether (sulfide) groups is 1. The molecule has 0 fully saturated rings. The lowest BCUT2D eigenvalue weighted by Crippen LogP contribution is -2.04. The second-order valence-electron chi connectivity index (χ2n) is 5.75. The van der Waals surface area contributed by atoms with Crippen LogP contribution in [0.4, 0.5) is 5.69 Å². The topological polar surface area (TPSA) is 41.8 Å². The van der Waals surface area contributed by atoms with E-state index in [0.717, 1.165) is 23.4 Å². The molecule has 1 aliphatic heterocycles. The van der Waals surface area contributed by atoms with Gasteiger partial charge in [0, 0.05) is 21.4 Å². The summed E-state index contributed by atoms with van der Waals surface area (Å²) in [6.45, 7) is 0. The summed E-state index contributed by atoms with van der Waals surface area (Å²) in [5.41, 5.74) is 3.24. The van der Waals surface area contributed by atoms with E-state index in [9.17, 15) is 5.11 Å². The molecule has 5 heteroatoms. The van der Waals surface area contributed by atoms with Gasteiger partial charge in [-0.15, -0.1) is 23.1 Å². The number of hydrogen-bond donors (Lipinski definition) is 1. The molecule has 2 aromatic carbocycles. The Hall–Kier alpha value is -2.24. The van der Waals surface area contributed by atoms with E-state index in [1.54, 1.807) is 24.5 Å². The maximum absolute atomic E-state index is 9.90. The van der Waals surface area contributed by atoms with Crippen molar-refractivity contribution in [1.82, 2.24) is 0 Å². The lowest BCUT2D eigenvalue weighted by molar-refractivity contribution is 0.373. The summed E-state index contributed by atoms with van der Waals surface area (Å²) >= 11 is 3.53. The maximum Gasteiger partial charge on any atom is 0.160 e. The summed E-state index contributed by atoms with van der Waals surface area (Å²) in [6, 6.07) is 18.0. The standard InChI is InChI=1S/C20H17NO2S2/c1-23-17-11-13(8-9-16(17)22)20-12-15(18-7-4-10-24-18)21-14-5-2-3-6-19(14)25-20/h2-11,20,22H,12H2,1H3. The fraction of sp³-hybridized carbons (Fsp3) is 0.150. The summed E-state index contributed by atoms with van der Waals surface area (Å²) in [5.74, 6) is 0.669. The number of rotatable bonds is 3. The minimum atomic E-state index is 0.164. The van der Waals surface area contributed by atoms with Crippen molar-refractivity contribution < 1.29 is 9.84 Å². The van der Waals surface area contributed by atoms with E-state index >= 15 is 0 Å². The molecule has 1 N–H and O–H groups in total. The number of aliphatic imine (C=N–C) groups is 1. The fourth-order valence-corrected chi connectivity index (χ4v) is 4.84. The van der Waals surface area contributed by atoms with Gasteiger partial charge in [0.1, 0.15) is 0 Å². The number of phenols is 1. The van der Waals surface area contributed by atoms with E-state index in [1.165, 1.54) is 9.77 Å². The Bertz CT molecular complexity index is 919. The Balaban J connectivity index is 1.78. The first-order valence-electron chi connectivity index (χ1n) is 7.98. The van der Waals surface area contributed by atoms with Gasteiger partial charge in [-0.25, -0.2) is 0 Å². The molecule has 25 heavy (non-hydrogen) atoms. The van der Waals surface area contributed by atoms with E-state index in [-0.39, 0.29) is 11.0 Å². The highest BCUT2D eigenvalue weighted by molar-refractivity contribution is 7.99. The van der Waals surface area contributed by atoms with E-state index in [4.69, 9.17) is 9.73 Å². The molecule has 126 valence electrons. The number of aromatic hydroxyl groups is 1. The SMILES string of the molecule is COc1cc(C2CC(c3cccs3)=Nc3ccccc3S2)ccc1O. The van der Waals surface area contributed by atoms with Crippen LogP contribution in [0.5, 0.6) is 11.5 Å². The quantitative estimate of drug-likeness (QED) is 0.634. The Morgan fingerprint density at radius 2 is 2.00 bits per heavy atom. The van der Waals surface area contributed by atoms with Crippen LogP contribution in [0.1, 0.15) is 22.1 Å². The van der Waals surface area contributed by atoms with Crippen molar-refractivity contribution in [2.75, 3.05) is 7.11 Å². The molecule has 0 saturated carbocycles. The van der Waals surface area contributed by atoms with E-state index in [2.05, 4.69) is 29.6 Å². The number of fused-ring (bicyclic) bond motifs is 1. The minimum absolute atomic E-state index is 0.164. The molecular weight excluding hydrogens is 350 g/mol. The van der Waals surface area contributed by atoms with Gasteiger partial charge in [-0.3, -0.25) is 4.99 Å². The van der Waals surface area contributed by atoms with Crippen LogP contribution in [-0.4, -0.2) is 17.9 Å². The average molecular weight is 367 g/mol. The van der Waals surface area contributed by atoms with Gasteiger partial charge in [0.15, 0.2) is 11.5 Å². The number of para-hydroxylation sites is 1. The number of benzene rings is 2. The summed E-state index contributed by atoms with van der Waals surface area (Å²) in [7, 11) is 1.58. The van der Waals surface area contributed by atoms with Gasteiger partial charge in [-0.2, -0.15) is 0 Å². The monoisotopic (exact) mass is 367 g/mol. The van der Waals surface area contributed by atoms with Crippen LogP contribution in [-0.2, 0) is 0 Å². The predicted molar refractivity (Wildman–Crippen MR) is 105 cm³/mol. The maximum atomic E-state index is 9.90. The molecule has 0 amide bonds. The summed E-state index contributed by atoms with van der Waals surface area (Å²) in [4.78, 5) is 7.32. The summed E-state index contributed by atoms with van der Waals surface area (Å²) in [5, 5.41) is 12.2. The minimum Gasteiger partial charge on any atom is -0.504 e. The van der Waals surface area contributed by atoms with Gasteiger partial charge < -0.3 is 9.84 Å². The number of methoxy groups -OCH3 is 1. The molecule has 0 saturated heterocycles. The number of hydrogen-bond acceptors (Lipinski definition) is 5. The highest BCUT2D eigenvalue weighted by Crippen LogP contribution is 2.46. The number of phenolic OH excluding ortho intramolecular Hbond substituents is 1. The summed E-state index contributed by atoms with van der Waals surface area (Å²) < 4.78 is 5.29. The summed E-state index contributed by atoms with van der Waals surface area (Å²) in [6.07, 6.45) is 0.827. The second kappa shape index (κ2) is 6.94. The molecule has 1 aromatic heterocycles. The zero-order valence-corrected chi connectivity index (χ0v) is 15.3. The Morgan fingerprint density at radius 1 is 1.12 bits per heavy atom. The molecular formula is C20H17NO2S2. The van der Waals surface area contributed by atoms with Crippen molar-refractivity contribution in [3.8, 4) is 11.5 Å². The first kappa shape index (κ1) is 16.2. The molecule has 0 bridgehead atoms. The average Bonchev–Trinajstić information content (AvgIpc) is 3.10. The van der Waals surface area contributed by atoms with Gasteiger partial charge in [0.05, 0.1) is 18.5 Å². The van der Waals surface area contributed by atoms with Crippen molar-refractivity contribution in [2.45, 2.75) is 16.6 Å². The Morgan fingerprint density at radius 3 is 2.80 bits per heavy atom. The Labute approximate surface area is 155 Å². The molecule has 0 aliphatic carbocycles. The van der Waals surface area contributed by atoms with Crippen molar-refractivity contribution >= 4 is 34.5 Å². The highest BCUT2D eigenvalue weighted by atomic mass is 32.2. The van der Waals surface area contributed by atoms with Crippen LogP contribution in [0.15, 0.2) is 69.9 Å². The third kappa shape index (κ3) is 3.30. The molecule has 1 unspecified atom stereocenters. The first-order chi connectivity index (χ1) is 12.2. The van der Waals surface area contributed by atoms with Crippen molar-refractivity contribution in [3.05, 3.63) is 70.4 Å². The van der Waals surface area contributed by atoms with Crippen molar-refractivity contribution in [3.63, 3.8) is 0 Å². The van der Waals surface area contributed by atoms with Gasteiger partial charge in [0.25, 0.3) is 0 Å². The van der Waals surface area contributed by atoms with Crippen LogP contribution in [0, 0.1) is 0 Å². The second-order valence-corrected chi connectivity index (χ2v) is 7.94. The van der Waals surface area contributed by atoms with Crippen LogP contribution < -0.4 is 4.74 Å². The van der Waals surface area contributed by atoms with Gasteiger partial charge in [0.2, 0.25) is 0 Å². The van der Waals surface area contributed by atoms with Crippen molar-refractivity contribution in [2.24, 2.45) is 4.99 Å². The number of ether oxygens (including phenoxy) is 1. The van der Waals surface area contributed by atoms with Crippen LogP contribution in [0.3, 0.4) is 0 Å². The lowest BCUT2D eigenvalue weighted by Gasteiger charge is -2.17. The molecule has 0 spiro atoms. The lowest BCUT2D eigenvalue weighted by atomic mass is 10.0. The van der Waals surface area contributed by atoms with E-state index in [0.29, 0.717) is 5.75 Å². The van der Waals surface area contributed by atoms with Crippen LogP contribution in [0.25, 0.3) is 0 Å². The molecule has 0 radical (unpaired) electrons. The largest absolute Gasteiger partial charge is 0.504 e. The van der Waals surface area contributed by atoms with Crippen LogP contribution >= 0.6 is 23.1 Å². The fourth-order valence-electron chi connectivity index (χ4n) is 2.89. The Kier molecular flexibility index (Phi) is 4.51. The number of nitrogens with zero attached hydrogens (tertiary/aromatic N) is 1. The zero-order valence-electron chi connectivity index (χ0n) is 13.7. The molecule has 1 aliphatic rings. The third-order valence-corrected chi connectivity index (χ3v) is 6.39. The van der Waals surface area contributed by atoms with Gasteiger partial charge in [-0.1, -0.05) is 24.3 Å². The molecule has 1 atom stereocenters. The molecule has 3 aromatic rings. The van der Waals surface area contributed by atoms with Crippen LogP contribution in [0.2, 0.25) is 0 Å². The van der Waals surface area contributed by atoms with Gasteiger partial charge >= 0.3 is 0 Å². The number of thiophene rings is 1. The van der Waals surface area contributed by atoms with E-state index in [1.807, 2.05) is 36.0 Å². The molecule has 3 nitrogen and oxygen atoms in total.